The van der Waals surface area contributed by atoms with Gasteiger partial charge in [-0.2, -0.15) is 0 Å². The summed E-state index contributed by atoms with van der Waals surface area (Å²) in [5, 5.41) is 3.74. The molecule has 5 rings (SSSR count). The second kappa shape index (κ2) is 6.43. The largest absolute Gasteiger partial charge is 0.298 e. The third-order valence-electron chi connectivity index (χ3n) is 6.33. The second-order valence-electron chi connectivity index (χ2n) is 7.85. The van der Waals surface area contributed by atoms with Gasteiger partial charge in [0.15, 0.2) is 0 Å². The van der Waals surface area contributed by atoms with E-state index in [0.717, 1.165) is 0 Å². The normalized spacial score (nSPS) is 29.5. The minimum Gasteiger partial charge on any atom is -0.298 e. The number of rotatable bonds is 2. The molecule has 0 unspecified atom stereocenters. The van der Waals surface area contributed by atoms with Gasteiger partial charge in [0.1, 0.15) is 5.54 Å². The average molecular weight is 420 g/mol. The minimum atomic E-state index is -1.32. The predicted octanol–water partition coefficient (Wildman–Crippen LogP) is 2.31. The van der Waals surface area contributed by atoms with E-state index in [1.165, 1.54) is 9.80 Å². The Bertz CT molecular complexity index is 1160. The summed E-state index contributed by atoms with van der Waals surface area (Å²) in [4.78, 5) is 43.4. The molecule has 2 saturated heterocycles. The fourth-order valence-corrected chi connectivity index (χ4v) is 5.41. The predicted molar refractivity (Wildman–Crippen MR) is 113 cm³/mol. The van der Waals surface area contributed by atoms with Crippen molar-refractivity contribution in [3.8, 4) is 12.3 Å². The van der Waals surface area contributed by atoms with E-state index in [1.807, 2.05) is 31.2 Å². The third kappa shape index (κ3) is 2.22. The van der Waals surface area contributed by atoms with Crippen molar-refractivity contribution in [2.24, 2.45) is 11.8 Å². The number of carbonyl (C=O) groups is 3. The lowest BCUT2D eigenvalue weighted by Crippen LogP contribution is -2.55. The molecule has 3 aliphatic heterocycles. The highest BCUT2D eigenvalue weighted by Gasteiger charge is 2.71. The average Bonchev–Trinajstić information content (AvgIpc) is 3.27. The molecular formula is C23H18ClN3O3. The van der Waals surface area contributed by atoms with Gasteiger partial charge >= 0.3 is 0 Å². The molecule has 150 valence electrons. The molecule has 1 N–H and O–H groups in total. The molecule has 0 aromatic heterocycles. The fourth-order valence-electron chi connectivity index (χ4n) is 5.23. The number of halogens is 1. The first-order valence-corrected chi connectivity index (χ1v) is 10.1. The van der Waals surface area contributed by atoms with Crippen LogP contribution in [-0.2, 0) is 19.9 Å². The maximum atomic E-state index is 13.7. The number of nitrogens with zero attached hydrogens (tertiary/aromatic N) is 2. The number of hydrogen-bond donors (Lipinski definition) is 1. The summed E-state index contributed by atoms with van der Waals surface area (Å²) in [5.41, 5.74) is 0.437. The Labute approximate surface area is 178 Å². The minimum absolute atomic E-state index is 0.0885. The van der Waals surface area contributed by atoms with Crippen molar-refractivity contribution in [1.82, 2.24) is 5.32 Å². The summed E-state index contributed by atoms with van der Waals surface area (Å²) in [5.74, 6) is -0.0459. The van der Waals surface area contributed by atoms with Crippen LogP contribution in [0.5, 0.6) is 0 Å². The van der Waals surface area contributed by atoms with E-state index in [0.29, 0.717) is 22.0 Å². The zero-order chi connectivity index (χ0) is 21.2. The van der Waals surface area contributed by atoms with Gasteiger partial charge < -0.3 is 0 Å². The molecule has 3 aliphatic rings. The van der Waals surface area contributed by atoms with Gasteiger partial charge in [-0.05, 0) is 31.2 Å². The van der Waals surface area contributed by atoms with Crippen molar-refractivity contribution >= 4 is 40.7 Å². The smallest absolute Gasteiger partial charge is 0.253 e. The van der Waals surface area contributed by atoms with Crippen LogP contribution < -0.4 is 15.1 Å². The molecular weight excluding hydrogens is 402 g/mol. The Kier molecular flexibility index (Phi) is 4.04. The molecule has 1 spiro atoms. The number of anilines is 2. The van der Waals surface area contributed by atoms with Gasteiger partial charge in [-0.1, -0.05) is 41.8 Å². The molecule has 30 heavy (non-hydrogen) atoms. The Morgan fingerprint density at radius 2 is 1.90 bits per heavy atom. The number of para-hydroxylation sites is 1. The standard InChI is InChI=1S/C23H18ClN3O3/c1-3-11-26-17-10-5-4-9-16(17)23(22(26)30)19-18(13(2)25-23)20(28)27(21(19)29)15-8-6-7-14(24)12-15/h1,4-10,12-13,18-19,25H,11H2,2H3/t13-,18-,19+,23+/m1/s1. The maximum absolute atomic E-state index is 13.7. The molecule has 2 aromatic carbocycles. The van der Waals surface area contributed by atoms with Crippen LogP contribution in [0.1, 0.15) is 12.5 Å². The number of fused-ring (bicyclic) bond motifs is 4. The first-order chi connectivity index (χ1) is 14.4. The van der Waals surface area contributed by atoms with Gasteiger partial charge in [-0.15, -0.1) is 6.42 Å². The topological polar surface area (TPSA) is 69.7 Å². The monoisotopic (exact) mass is 419 g/mol. The van der Waals surface area contributed by atoms with Crippen molar-refractivity contribution < 1.29 is 14.4 Å². The lowest BCUT2D eigenvalue weighted by molar-refractivity contribution is -0.132. The number of terminal acetylenes is 1. The van der Waals surface area contributed by atoms with Crippen molar-refractivity contribution in [3.05, 3.63) is 59.1 Å². The molecule has 3 heterocycles. The van der Waals surface area contributed by atoms with Gasteiger partial charge in [-0.3, -0.25) is 24.6 Å². The second-order valence-corrected chi connectivity index (χ2v) is 8.29. The van der Waals surface area contributed by atoms with Crippen LogP contribution in [0.2, 0.25) is 5.02 Å². The highest BCUT2D eigenvalue weighted by atomic mass is 35.5. The summed E-state index contributed by atoms with van der Waals surface area (Å²) >= 11 is 6.09. The first-order valence-electron chi connectivity index (χ1n) is 9.68. The quantitative estimate of drug-likeness (QED) is 0.599. The van der Waals surface area contributed by atoms with E-state index in [1.54, 1.807) is 24.3 Å². The lowest BCUT2D eigenvalue weighted by Gasteiger charge is -2.30. The molecule has 0 radical (unpaired) electrons. The molecule has 2 fully saturated rings. The van der Waals surface area contributed by atoms with Crippen LogP contribution in [0.4, 0.5) is 11.4 Å². The van der Waals surface area contributed by atoms with E-state index >= 15 is 0 Å². The van der Waals surface area contributed by atoms with Crippen LogP contribution in [-0.4, -0.2) is 30.3 Å². The van der Waals surface area contributed by atoms with Crippen LogP contribution >= 0.6 is 11.6 Å². The number of amides is 3. The summed E-state index contributed by atoms with van der Waals surface area (Å²) in [6, 6.07) is 13.5. The van der Waals surface area contributed by atoms with Gasteiger partial charge in [0.05, 0.1) is 29.8 Å². The Morgan fingerprint density at radius 1 is 1.13 bits per heavy atom. The summed E-state index contributed by atoms with van der Waals surface area (Å²) in [6.07, 6.45) is 5.50. The van der Waals surface area contributed by atoms with E-state index in [-0.39, 0.29) is 24.4 Å². The number of nitrogens with one attached hydrogen (secondary N) is 1. The highest BCUT2D eigenvalue weighted by molar-refractivity contribution is 6.31. The number of benzene rings is 2. The molecule has 0 aliphatic carbocycles. The van der Waals surface area contributed by atoms with Crippen LogP contribution in [0, 0.1) is 24.2 Å². The molecule has 3 amide bonds. The third-order valence-corrected chi connectivity index (χ3v) is 6.56. The summed E-state index contributed by atoms with van der Waals surface area (Å²) in [7, 11) is 0. The van der Waals surface area contributed by atoms with Crippen LogP contribution in [0.3, 0.4) is 0 Å². The molecule has 2 aromatic rings. The number of carbonyl (C=O) groups excluding carboxylic acids is 3. The lowest BCUT2D eigenvalue weighted by atomic mass is 9.76. The SMILES string of the molecule is C#CCN1C(=O)[C@]2(N[C@H](C)[C@H]3C(=O)N(c4cccc(Cl)c4)C(=O)[C@H]32)c2ccccc21. The fraction of sp³-hybridized carbons (Fsp3) is 0.261. The zero-order valence-electron chi connectivity index (χ0n) is 16.1. The maximum Gasteiger partial charge on any atom is 0.253 e. The van der Waals surface area contributed by atoms with Crippen molar-refractivity contribution in [2.45, 2.75) is 18.5 Å². The molecule has 7 heteroatoms. The van der Waals surface area contributed by atoms with Crippen molar-refractivity contribution in [2.75, 3.05) is 16.3 Å². The number of imide groups is 1. The Hall–Kier alpha value is -3.14. The van der Waals surface area contributed by atoms with Crippen LogP contribution in [0.15, 0.2) is 48.5 Å². The van der Waals surface area contributed by atoms with Gasteiger partial charge in [0.25, 0.3) is 5.91 Å². The molecule has 6 nitrogen and oxygen atoms in total. The molecule has 0 saturated carbocycles. The highest BCUT2D eigenvalue weighted by Crippen LogP contribution is 2.54. The summed E-state index contributed by atoms with van der Waals surface area (Å²) < 4.78 is 0. The van der Waals surface area contributed by atoms with E-state index in [2.05, 4.69) is 11.2 Å². The van der Waals surface area contributed by atoms with Crippen molar-refractivity contribution in [3.63, 3.8) is 0 Å². The van der Waals surface area contributed by atoms with Gasteiger partial charge in [-0.25, -0.2) is 4.90 Å². The van der Waals surface area contributed by atoms with E-state index in [9.17, 15) is 14.4 Å². The first kappa shape index (κ1) is 18.9. The Balaban J connectivity index is 1.68. The molecule has 0 bridgehead atoms. The van der Waals surface area contributed by atoms with E-state index in [4.69, 9.17) is 18.0 Å². The Morgan fingerprint density at radius 3 is 2.63 bits per heavy atom. The summed E-state index contributed by atoms with van der Waals surface area (Å²) in [6.45, 7) is 1.92. The van der Waals surface area contributed by atoms with Gasteiger partial charge in [0, 0.05) is 16.6 Å². The zero-order valence-corrected chi connectivity index (χ0v) is 16.9. The van der Waals surface area contributed by atoms with Gasteiger partial charge in [0.2, 0.25) is 11.8 Å². The van der Waals surface area contributed by atoms with E-state index < -0.39 is 23.3 Å². The van der Waals surface area contributed by atoms with Crippen LogP contribution in [0.25, 0.3) is 0 Å². The molecule has 4 atom stereocenters. The number of hydrogen-bond acceptors (Lipinski definition) is 4. The van der Waals surface area contributed by atoms with Crippen molar-refractivity contribution in [1.29, 1.82) is 0 Å².